The second-order valence-corrected chi connectivity index (χ2v) is 3.42. The summed E-state index contributed by atoms with van der Waals surface area (Å²) in [7, 11) is 0. The second-order valence-electron chi connectivity index (χ2n) is 3.42. The number of ether oxygens (including phenoxy) is 1. The van der Waals surface area contributed by atoms with E-state index in [0.29, 0.717) is 24.3 Å². The van der Waals surface area contributed by atoms with Crippen LogP contribution in [-0.2, 0) is 24.1 Å². The zero-order valence-electron chi connectivity index (χ0n) is 7.61. The van der Waals surface area contributed by atoms with Gasteiger partial charge >= 0.3 is 6.18 Å². The van der Waals surface area contributed by atoms with Crippen molar-refractivity contribution in [2.45, 2.75) is 26.3 Å². The molecule has 0 unspecified atom stereocenters. The van der Waals surface area contributed by atoms with Crippen molar-refractivity contribution < 1.29 is 17.9 Å². The molecular weight excluding hydrogens is 193 g/mol. The highest BCUT2D eigenvalue weighted by atomic mass is 19.4. The minimum atomic E-state index is -4.26. The number of aryl methyl sites for hydroxylation is 1. The Kier molecular flexibility index (Phi) is 2.03. The van der Waals surface area contributed by atoms with Gasteiger partial charge in [-0.1, -0.05) is 0 Å². The molecule has 0 spiro atoms. The van der Waals surface area contributed by atoms with Gasteiger partial charge in [-0.15, -0.1) is 0 Å². The van der Waals surface area contributed by atoms with E-state index >= 15 is 0 Å². The van der Waals surface area contributed by atoms with Crippen molar-refractivity contribution in [3.63, 3.8) is 0 Å². The van der Waals surface area contributed by atoms with Crippen LogP contribution in [0.2, 0.25) is 0 Å². The van der Waals surface area contributed by atoms with Gasteiger partial charge < -0.3 is 4.74 Å². The summed E-state index contributed by atoms with van der Waals surface area (Å²) in [5, 5.41) is 0. The smallest absolute Gasteiger partial charge is 0.372 e. The lowest BCUT2D eigenvalue weighted by Crippen LogP contribution is -2.06. The van der Waals surface area contributed by atoms with Gasteiger partial charge in [-0.05, 0) is 35.7 Å². The lowest BCUT2D eigenvalue weighted by atomic mass is 10.0. The average Bonchev–Trinajstić information content (AvgIpc) is 2.50. The molecule has 0 bridgehead atoms. The molecule has 1 nitrogen and oxygen atoms in total. The number of halogens is 3. The molecule has 0 N–H and O–H groups in total. The normalized spacial score (nSPS) is 15.7. The zero-order chi connectivity index (χ0) is 10.3. The molecule has 1 aromatic rings. The van der Waals surface area contributed by atoms with E-state index in [1.807, 2.05) is 0 Å². The van der Waals surface area contributed by atoms with Gasteiger partial charge in [0, 0.05) is 0 Å². The van der Waals surface area contributed by atoms with E-state index in [2.05, 4.69) is 0 Å². The predicted octanol–water partition coefficient (Wildman–Crippen LogP) is 3.04. The van der Waals surface area contributed by atoms with Crippen molar-refractivity contribution in [3.05, 3.63) is 34.4 Å². The lowest BCUT2D eigenvalue weighted by Gasteiger charge is -2.10. The third-order valence-electron chi connectivity index (χ3n) is 2.40. The van der Waals surface area contributed by atoms with Crippen LogP contribution < -0.4 is 0 Å². The minimum absolute atomic E-state index is 0.292. The van der Waals surface area contributed by atoms with Crippen LogP contribution in [0.4, 0.5) is 13.2 Å². The topological polar surface area (TPSA) is 9.23 Å². The maximum absolute atomic E-state index is 12.4. The Labute approximate surface area is 79.5 Å². The van der Waals surface area contributed by atoms with Crippen molar-refractivity contribution in [1.29, 1.82) is 0 Å². The molecule has 0 fully saturated rings. The third kappa shape index (κ3) is 1.50. The molecule has 4 heteroatoms. The minimum Gasteiger partial charge on any atom is -0.372 e. The zero-order valence-corrected chi connectivity index (χ0v) is 7.61. The molecule has 0 radical (unpaired) electrons. The van der Waals surface area contributed by atoms with E-state index in [-0.39, 0.29) is 0 Å². The van der Waals surface area contributed by atoms with E-state index in [0.717, 1.165) is 5.56 Å². The Morgan fingerprint density at radius 2 is 1.93 bits per heavy atom. The molecule has 76 valence electrons. The van der Waals surface area contributed by atoms with Gasteiger partial charge in [0.25, 0.3) is 0 Å². The largest absolute Gasteiger partial charge is 0.416 e. The van der Waals surface area contributed by atoms with Crippen LogP contribution in [0.3, 0.4) is 0 Å². The monoisotopic (exact) mass is 202 g/mol. The number of rotatable bonds is 0. The molecule has 1 aliphatic rings. The van der Waals surface area contributed by atoms with Gasteiger partial charge in [0.2, 0.25) is 0 Å². The summed E-state index contributed by atoms with van der Waals surface area (Å²) in [6.45, 7) is 2.40. The summed E-state index contributed by atoms with van der Waals surface area (Å²) in [6, 6.07) is 2.35. The molecular formula is C10H9F3O. The first kappa shape index (κ1) is 9.52. The van der Waals surface area contributed by atoms with Crippen molar-refractivity contribution in [1.82, 2.24) is 0 Å². The van der Waals surface area contributed by atoms with Gasteiger partial charge in [-0.3, -0.25) is 0 Å². The number of hydrogen-bond acceptors (Lipinski definition) is 1. The van der Waals surface area contributed by atoms with Gasteiger partial charge in [0.1, 0.15) is 0 Å². The molecule has 0 saturated heterocycles. The highest BCUT2D eigenvalue weighted by molar-refractivity contribution is 5.40. The van der Waals surface area contributed by atoms with Crippen LogP contribution in [0.5, 0.6) is 0 Å². The first-order valence-corrected chi connectivity index (χ1v) is 4.26. The average molecular weight is 202 g/mol. The van der Waals surface area contributed by atoms with Crippen molar-refractivity contribution in [2.75, 3.05) is 0 Å². The van der Waals surface area contributed by atoms with E-state index in [1.165, 1.54) is 12.1 Å². The molecule has 14 heavy (non-hydrogen) atoms. The Morgan fingerprint density at radius 3 is 2.57 bits per heavy atom. The van der Waals surface area contributed by atoms with Crippen molar-refractivity contribution in [3.8, 4) is 0 Å². The van der Waals surface area contributed by atoms with Crippen molar-refractivity contribution in [2.24, 2.45) is 0 Å². The molecule has 1 heterocycles. The van der Waals surface area contributed by atoms with Crippen LogP contribution >= 0.6 is 0 Å². The van der Waals surface area contributed by atoms with E-state index in [1.54, 1.807) is 6.92 Å². The van der Waals surface area contributed by atoms with Crippen LogP contribution in [0.15, 0.2) is 12.1 Å². The first-order valence-electron chi connectivity index (χ1n) is 4.26. The quantitative estimate of drug-likeness (QED) is 0.628. The van der Waals surface area contributed by atoms with E-state index < -0.39 is 11.7 Å². The first-order chi connectivity index (χ1) is 6.48. The van der Waals surface area contributed by atoms with Gasteiger partial charge in [0.15, 0.2) is 0 Å². The number of alkyl halides is 3. The summed E-state index contributed by atoms with van der Waals surface area (Å²) in [6.07, 6.45) is -4.26. The maximum atomic E-state index is 12.4. The number of benzene rings is 1. The fourth-order valence-corrected chi connectivity index (χ4v) is 1.65. The van der Waals surface area contributed by atoms with Crippen molar-refractivity contribution >= 4 is 0 Å². The van der Waals surface area contributed by atoms with Gasteiger partial charge in [0.05, 0.1) is 18.8 Å². The summed E-state index contributed by atoms with van der Waals surface area (Å²) < 4.78 is 42.3. The maximum Gasteiger partial charge on any atom is 0.416 e. The molecule has 0 aliphatic carbocycles. The third-order valence-corrected chi connectivity index (χ3v) is 2.40. The molecule has 0 amide bonds. The standard InChI is InChI=1S/C10H9F3O/c1-6-2-8(10(11,12)13)3-7-4-14-5-9(6)7/h2-3H,4-5H2,1H3. The Bertz CT molecular complexity index is 368. The highest BCUT2D eigenvalue weighted by Crippen LogP contribution is 2.34. The van der Waals surface area contributed by atoms with Crippen LogP contribution in [0, 0.1) is 6.92 Å². The van der Waals surface area contributed by atoms with Crippen LogP contribution in [-0.4, -0.2) is 0 Å². The molecule has 0 saturated carbocycles. The summed E-state index contributed by atoms with van der Waals surface area (Å²) in [4.78, 5) is 0. The molecule has 0 aromatic heterocycles. The summed E-state index contributed by atoms with van der Waals surface area (Å²) >= 11 is 0. The fourth-order valence-electron chi connectivity index (χ4n) is 1.65. The molecule has 2 rings (SSSR count). The summed E-state index contributed by atoms with van der Waals surface area (Å²) in [5.41, 5.74) is 1.64. The molecule has 0 atom stereocenters. The SMILES string of the molecule is Cc1cc(C(F)(F)F)cc2c1COC2. The van der Waals surface area contributed by atoms with Crippen LogP contribution in [0.25, 0.3) is 0 Å². The number of fused-ring (bicyclic) bond motifs is 1. The Hall–Kier alpha value is -1.03. The van der Waals surface area contributed by atoms with E-state index in [4.69, 9.17) is 4.74 Å². The Balaban J connectivity index is 2.52. The lowest BCUT2D eigenvalue weighted by molar-refractivity contribution is -0.137. The second kappa shape index (κ2) is 2.98. The molecule has 1 aromatic carbocycles. The highest BCUT2D eigenvalue weighted by Gasteiger charge is 2.32. The van der Waals surface area contributed by atoms with Gasteiger partial charge in [-0.2, -0.15) is 13.2 Å². The van der Waals surface area contributed by atoms with Crippen LogP contribution in [0.1, 0.15) is 22.3 Å². The molecule has 1 aliphatic heterocycles. The number of hydrogen-bond donors (Lipinski definition) is 0. The Morgan fingerprint density at radius 1 is 1.21 bits per heavy atom. The predicted molar refractivity (Wildman–Crippen MR) is 44.7 cm³/mol. The van der Waals surface area contributed by atoms with E-state index in [9.17, 15) is 13.2 Å². The van der Waals surface area contributed by atoms with Gasteiger partial charge in [-0.25, -0.2) is 0 Å². The summed E-state index contributed by atoms with van der Waals surface area (Å²) in [5.74, 6) is 0. The fraction of sp³-hybridized carbons (Fsp3) is 0.400.